The van der Waals surface area contributed by atoms with E-state index in [2.05, 4.69) is 10.3 Å². The Labute approximate surface area is 87.5 Å². The van der Waals surface area contributed by atoms with Gasteiger partial charge in [0, 0.05) is 29.7 Å². The van der Waals surface area contributed by atoms with Gasteiger partial charge in [-0.3, -0.25) is 0 Å². The zero-order chi connectivity index (χ0) is 10.3. The summed E-state index contributed by atoms with van der Waals surface area (Å²) in [6.45, 7) is 0.871. The molecule has 0 atom stereocenters. The number of nitrogens with one attached hydrogen (secondary N) is 2. The highest BCUT2D eigenvalue weighted by atomic mass is 19.1. The van der Waals surface area contributed by atoms with E-state index in [0.717, 1.165) is 17.4 Å². The van der Waals surface area contributed by atoms with E-state index in [-0.39, 0.29) is 5.82 Å². The Bertz CT molecular complexity index is 485. The molecule has 0 spiro atoms. The first-order valence-corrected chi connectivity index (χ1v) is 5.32. The summed E-state index contributed by atoms with van der Waals surface area (Å²) in [5.74, 6) is -0.189. The number of halogens is 1. The van der Waals surface area contributed by atoms with Gasteiger partial charge in [0.05, 0.1) is 0 Å². The summed E-state index contributed by atoms with van der Waals surface area (Å²) in [6.07, 6.45) is 4.54. The van der Waals surface area contributed by atoms with E-state index in [9.17, 15) is 4.39 Å². The van der Waals surface area contributed by atoms with Gasteiger partial charge in [0.1, 0.15) is 5.82 Å². The number of H-pyrrole nitrogens is 1. The molecule has 1 aliphatic carbocycles. The number of fused-ring (bicyclic) bond motifs is 1. The maximum Gasteiger partial charge on any atom is 0.125 e. The van der Waals surface area contributed by atoms with Gasteiger partial charge in [-0.25, -0.2) is 4.39 Å². The number of hydrogen-bond acceptors (Lipinski definition) is 1. The monoisotopic (exact) mass is 204 g/mol. The van der Waals surface area contributed by atoms with E-state index >= 15 is 0 Å². The highest BCUT2D eigenvalue weighted by Crippen LogP contribution is 2.22. The average molecular weight is 204 g/mol. The molecule has 1 heterocycles. The normalized spacial score (nSPS) is 16.1. The van der Waals surface area contributed by atoms with E-state index in [1.165, 1.54) is 30.5 Å². The Morgan fingerprint density at radius 2 is 2.27 bits per heavy atom. The third-order valence-electron chi connectivity index (χ3n) is 2.89. The molecule has 15 heavy (non-hydrogen) atoms. The van der Waals surface area contributed by atoms with Gasteiger partial charge in [0.15, 0.2) is 0 Å². The maximum absolute atomic E-state index is 12.9. The first kappa shape index (κ1) is 8.92. The molecular weight excluding hydrogens is 191 g/mol. The molecule has 1 aromatic carbocycles. The van der Waals surface area contributed by atoms with Crippen LogP contribution in [0.4, 0.5) is 4.39 Å². The van der Waals surface area contributed by atoms with Crippen LogP contribution in [0.5, 0.6) is 0 Å². The molecule has 0 amide bonds. The molecule has 1 fully saturated rings. The van der Waals surface area contributed by atoms with Crippen LogP contribution < -0.4 is 5.32 Å². The quantitative estimate of drug-likeness (QED) is 0.790. The van der Waals surface area contributed by atoms with Gasteiger partial charge in [-0.2, -0.15) is 0 Å². The third-order valence-corrected chi connectivity index (χ3v) is 2.89. The molecule has 1 saturated carbocycles. The summed E-state index contributed by atoms with van der Waals surface area (Å²) in [5, 5.41) is 4.57. The molecule has 0 bridgehead atoms. The van der Waals surface area contributed by atoms with Gasteiger partial charge in [-0.05, 0) is 36.6 Å². The van der Waals surface area contributed by atoms with Crippen LogP contribution in [0.1, 0.15) is 18.4 Å². The number of aromatic amines is 1. The van der Waals surface area contributed by atoms with Gasteiger partial charge < -0.3 is 10.3 Å². The Morgan fingerprint density at radius 3 is 3.07 bits per heavy atom. The lowest BCUT2D eigenvalue weighted by molar-refractivity contribution is 0.629. The van der Waals surface area contributed by atoms with Gasteiger partial charge in [0.25, 0.3) is 0 Å². The topological polar surface area (TPSA) is 27.8 Å². The van der Waals surface area contributed by atoms with Crippen LogP contribution in [-0.4, -0.2) is 11.0 Å². The van der Waals surface area contributed by atoms with Crippen LogP contribution in [0, 0.1) is 5.82 Å². The summed E-state index contributed by atoms with van der Waals surface area (Å²) in [4.78, 5) is 3.09. The highest BCUT2D eigenvalue weighted by Gasteiger charge is 2.20. The maximum atomic E-state index is 12.9. The van der Waals surface area contributed by atoms with Gasteiger partial charge in [-0.1, -0.05) is 0 Å². The lowest BCUT2D eigenvalue weighted by Gasteiger charge is -2.00. The summed E-state index contributed by atoms with van der Waals surface area (Å²) >= 11 is 0. The molecule has 0 unspecified atom stereocenters. The number of rotatable bonds is 3. The van der Waals surface area contributed by atoms with Crippen molar-refractivity contribution >= 4 is 10.9 Å². The van der Waals surface area contributed by atoms with Crippen molar-refractivity contribution in [1.29, 1.82) is 0 Å². The van der Waals surface area contributed by atoms with Crippen LogP contribution in [0.2, 0.25) is 0 Å². The summed E-state index contributed by atoms with van der Waals surface area (Å²) in [6, 6.07) is 5.59. The van der Waals surface area contributed by atoms with Crippen molar-refractivity contribution in [3.8, 4) is 0 Å². The lowest BCUT2D eigenvalue weighted by atomic mass is 10.2. The van der Waals surface area contributed by atoms with E-state index in [1.807, 2.05) is 12.3 Å². The van der Waals surface area contributed by atoms with Crippen LogP contribution in [0.3, 0.4) is 0 Å². The molecular formula is C12H13FN2. The minimum absolute atomic E-state index is 0.189. The van der Waals surface area contributed by atoms with Crippen molar-refractivity contribution in [2.24, 2.45) is 0 Å². The first-order valence-electron chi connectivity index (χ1n) is 5.32. The summed E-state index contributed by atoms with van der Waals surface area (Å²) in [7, 11) is 0. The first-order chi connectivity index (χ1) is 7.33. The van der Waals surface area contributed by atoms with Crippen molar-refractivity contribution in [3.05, 3.63) is 35.8 Å². The van der Waals surface area contributed by atoms with Gasteiger partial charge >= 0.3 is 0 Å². The summed E-state index contributed by atoms with van der Waals surface area (Å²) in [5.41, 5.74) is 2.10. The fourth-order valence-electron chi connectivity index (χ4n) is 1.85. The fraction of sp³-hybridized carbons (Fsp3) is 0.333. The number of aromatic nitrogens is 1. The Balaban J connectivity index is 1.89. The van der Waals surface area contributed by atoms with Gasteiger partial charge in [0.2, 0.25) is 0 Å². The largest absolute Gasteiger partial charge is 0.361 e. The molecule has 0 aliphatic heterocycles. The Hall–Kier alpha value is -1.35. The van der Waals surface area contributed by atoms with Crippen molar-refractivity contribution in [2.75, 3.05) is 0 Å². The molecule has 2 aromatic rings. The lowest BCUT2D eigenvalue weighted by Crippen LogP contribution is -2.14. The average Bonchev–Trinajstić information content (AvgIpc) is 2.97. The van der Waals surface area contributed by atoms with E-state index in [1.54, 1.807) is 0 Å². The predicted molar refractivity (Wildman–Crippen MR) is 58.1 cm³/mol. The zero-order valence-corrected chi connectivity index (χ0v) is 8.39. The molecule has 78 valence electrons. The second-order valence-electron chi connectivity index (χ2n) is 4.16. The zero-order valence-electron chi connectivity index (χ0n) is 8.39. The SMILES string of the molecule is Fc1ccc2c(CNC3CC3)c[nH]c2c1. The molecule has 1 aromatic heterocycles. The minimum Gasteiger partial charge on any atom is -0.361 e. The number of hydrogen-bond donors (Lipinski definition) is 2. The minimum atomic E-state index is -0.189. The molecule has 2 N–H and O–H groups in total. The standard InChI is InChI=1S/C12H13FN2/c13-9-1-4-11-8(6-14-10-2-3-10)7-15-12(11)5-9/h1,4-5,7,10,14-15H,2-3,6H2. The van der Waals surface area contributed by atoms with Crippen LogP contribution >= 0.6 is 0 Å². The van der Waals surface area contributed by atoms with E-state index in [0.29, 0.717) is 6.04 Å². The molecule has 0 saturated heterocycles. The second-order valence-corrected chi connectivity index (χ2v) is 4.16. The Kier molecular flexibility index (Phi) is 1.99. The molecule has 0 radical (unpaired) electrons. The van der Waals surface area contributed by atoms with Crippen LogP contribution in [-0.2, 0) is 6.54 Å². The summed E-state index contributed by atoms with van der Waals surface area (Å²) < 4.78 is 12.9. The number of benzene rings is 1. The fourth-order valence-corrected chi connectivity index (χ4v) is 1.85. The predicted octanol–water partition coefficient (Wildman–Crippen LogP) is 2.56. The van der Waals surface area contributed by atoms with Crippen molar-refractivity contribution in [3.63, 3.8) is 0 Å². The molecule has 3 heteroatoms. The van der Waals surface area contributed by atoms with Gasteiger partial charge in [-0.15, -0.1) is 0 Å². The molecule has 2 nitrogen and oxygen atoms in total. The van der Waals surface area contributed by atoms with Crippen molar-refractivity contribution < 1.29 is 4.39 Å². The smallest absolute Gasteiger partial charge is 0.125 e. The van der Waals surface area contributed by atoms with Crippen molar-refractivity contribution in [1.82, 2.24) is 10.3 Å². The molecule has 1 aliphatic rings. The highest BCUT2D eigenvalue weighted by molar-refractivity contribution is 5.83. The van der Waals surface area contributed by atoms with E-state index in [4.69, 9.17) is 0 Å². The van der Waals surface area contributed by atoms with Crippen LogP contribution in [0.15, 0.2) is 24.4 Å². The third kappa shape index (κ3) is 1.75. The van der Waals surface area contributed by atoms with E-state index < -0.39 is 0 Å². The van der Waals surface area contributed by atoms with Crippen LogP contribution in [0.25, 0.3) is 10.9 Å². The second kappa shape index (κ2) is 3.35. The van der Waals surface area contributed by atoms with Crippen molar-refractivity contribution in [2.45, 2.75) is 25.4 Å². The molecule has 3 rings (SSSR count). The Morgan fingerprint density at radius 1 is 1.40 bits per heavy atom.